The van der Waals surface area contributed by atoms with Gasteiger partial charge in [0.05, 0.1) is 23.0 Å². The van der Waals surface area contributed by atoms with Crippen molar-refractivity contribution in [1.82, 2.24) is 0 Å². The standard InChI is InChI=1S/C26H34N2O4/c1-4-31-26-12-11-22(2)16(5-9-25(22)10-7-18(30)32-25)19(26)15-13-24(14-27)20(21(15)28)17(29)6-8-23(24,26)3/h16,19-20H,4-13,28H2,1-3H3/t16?,19?,20?,22?,23?,24-,25+,26+/m0/s1. The van der Waals surface area contributed by atoms with Gasteiger partial charge in [0, 0.05) is 41.9 Å². The second-order valence-corrected chi connectivity index (χ2v) is 11.8. The molecule has 4 saturated carbocycles. The number of nitriles is 1. The number of hydrogen-bond acceptors (Lipinski definition) is 6. The van der Waals surface area contributed by atoms with Crippen LogP contribution in [0.5, 0.6) is 0 Å². The zero-order chi connectivity index (χ0) is 22.7. The number of Topliss-reactive ketones (excluding diaryl/α,β-unsaturated/α-hetero) is 1. The molecule has 1 aliphatic heterocycles. The molecule has 5 fully saturated rings. The Hall–Kier alpha value is -1.87. The van der Waals surface area contributed by atoms with Crippen LogP contribution in [-0.2, 0) is 19.1 Å². The van der Waals surface area contributed by atoms with Gasteiger partial charge in [-0.05, 0) is 63.4 Å². The molecule has 0 aromatic rings. The van der Waals surface area contributed by atoms with Gasteiger partial charge in [0.1, 0.15) is 11.4 Å². The zero-order valence-corrected chi connectivity index (χ0v) is 19.5. The normalized spacial score (nSPS) is 53.2. The van der Waals surface area contributed by atoms with Crippen LogP contribution in [0.15, 0.2) is 11.3 Å². The molecule has 6 rings (SSSR count). The smallest absolute Gasteiger partial charge is 0.306 e. The van der Waals surface area contributed by atoms with Crippen LogP contribution in [0.25, 0.3) is 0 Å². The van der Waals surface area contributed by atoms with Crippen molar-refractivity contribution in [1.29, 1.82) is 5.26 Å². The summed E-state index contributed by atoms with van der Waals surface area (Å²) in [5.74, 6) is -0.117. The first-order chi connectivity index (χ1) is 15.2. The summed E-state index contributed by atoms with van der Waals surface area (Å²) in [7, 11) is 0. The minimum Gasteiger partial charge on any atom is -0.458 e. The van der Waals surface area contributed by atoms with Crippen LogP contribution < -0.4 is 5.73 Å². The van der Waals surface area contributed by atoms with Crippen LogP contribution in [-0.4, -0.2) is 29.6 Å². The third kappa shape index (κ3) is 1.87. The van der Waals surface area contributed by atoms with Gasteiger partial charge in [-0.25, -0.2) is 0 Å². The summed E-state index contributed by atoms with van der Waals surface area (Å²) in [4.78, 5) is 25.4. The van der Waals surface area contributed by atoms with Gasteiger partial charge in [-0.1, -0.05) is 13.8 Å². The van der Waals surface area contributed by atoms with E-state index in [0.29, 0.717) is 38.0 Å². The number of fused-ring (bicyclic) bond motifs is 7. The van der Waals surface area contributed by atoms with E-state index in [0.717, 1.165) is 37.7 Å². The molecular formula is C26H34N2O4. The summed E-state index contributed by atoms with van der Waals surface area (Å²) in [6.07, 6.45) is 6.59. The molecule has 6 nitrogen and oxygen atoms in total. The van der Waals surface area contributed by atoms with Crippen molar-refractivity contribution in [3.63, 3.8) is 0 Å². The van der Waals surface area contributed by atoms with Crippen molar-refractivity contribution in [2.45, 2.75) is 89.8 Å². The van der Waals surface area contributed by atoms with E-state index in [2.05, 4.69) is 19.9 Å². The highest BCUT2D eigenvalue weighted by molar-refractivity contribution is 5.88. The zero-order valence-electron chi connectivity index (χ0n) is 19.5. The molecule has 0 aromatic carbocycles. The number of nitrogens with zero attached hydrogens (tertiary/aromatic N) is 1. The predicted molar refractivity (Wildman–Crippen MR) is 116 cm³/mol. The van der Waals surface area contributed by atoms with Crippen LogP contribution in [0.3, 0.4) is 0 Å². The highest BCUT2D eigenvalue weighted by Gasteiger charge is 2.80. The maximum Gasteiger partial charge on any atom is 0.306 e. The molecule has 5 unspecified atom stereocenters. The number of rotatable bonds is 2. The van der Waals surface area contributed by atoms with Gasteiger partial charge in [-0.15, -0.1) is 0 Å². The molecule has 0 aromatic heterocycles. The first kappa shape index (κ1) is 20.7. The Morgan fingerprint density at radius 2 is 1.94 bits per heavy atom. The molecule has 1 heterocycles. The SMILES string of the molecule is CCO[C@]12CCC3(C)C(CC[C@@]34CCC(=O)O4)C1C1=C(N)C3C(=O)CCC2(C)[C@]3(C#N)C1. The average molecular weight is 439 g/mol. The molecule has 32 heavy (non-hydrogen) atoms. The van der Waals surface area contributed by atoms with E-state index >= 15 is 0 Å². The molecule has 6 aliphatic rings. The number of ketones is 1. The van der Waals surface area contributed by atoms with Gasteiger partial charge >= 0.3 is 5.97 Å². The van der Waals surface area contributed by atoms with Crippen molar-refractivity contribution in [2.75, 3.05) is 6.61 Å². The van der Waals surface area contributed by atoms with Gasteiger partial charge in [0.25, 0.3) is 0 Å². The van der Waals surface area contributed by atoms with Crippen molar-refractivity contribution in [2.24, 2.45) is 39.7 Å². The van der Waals surface area contributed by atoms with Gasteiger partial charge in [-0.3, -0.25) is 9.59 Å². The van der Waals surface area contributed by atoms with E-state index in [1.54, 1.807) is 0 Å². The fraction of sp³-hybridized carbons (Fsp3) is 0.808. The summed E-state index contributed by atoms with van der Waals surface area (Å²) < 4.78 is 12.9. The Morgan fingerprint density at radius 3 is 2.59 bits per heavy atom. The molecule has 0 radical (unpaired) electrons. The number of carbonyl (C=O) groups is 2. The fourth-order valence-corrected chi connectivity index (χ4v) is 9.89. The minimum absolute atomic E-state index is 0.0715. The van der Waals surface area contributed by atoms with Crippen molar-refractivity contribution >= 4 is 11.8 Å². The molecule has 6 heteroatoms. The molecule has 0 amide bonds. The maximum absolute atomic E-state index is 13.1. The van der Waals surface area contributed by atoms with E-state index in [4.69, 9.17) is 15.2 Å². The largest absolute Gasteiger partial charge is 0.458 e. The van der Waals surface area contributed by atoms with E-state index in [1.165, 1.54) is 0 Å². The quantitative estimate of drug-likeness (QED) is 0.658. The van der Waals surface area contributed by atoms with Crippen LogP contribution in [0.2, 0.25) is 0 Å². The Kier molecular flexibility index (Phi) is 3.87. The topological polar surface area (TPSA) is 102 Å². The highest BCUT2D eigenvalue weighted by atomic mass is 16.6. The number of carbonyl (C=O) groups excluding carboxylic acids is 2. The van der Waals surface area contributed by atoms with Crippen LogP contribution in [0.1, 0.15) is 78.6 Å². The predicted octanol–water partition coefficient (Wildman–Crippen LogP) is 3.79. The summed E-state index contributed by atoms with van der Waals surface area (Å²) in [6.45, 7) is 7.15. The monoisotopic (exact) mass is 438 g/mol. The van der Waals surface area contributed by atoms with E-state index < -0.39 is 27.9 Å². The summed E-state index contributed by atoms with van der Waals surface area (Å²) in [5.41, 5.74) is 6.27. The van der Waals surface area contributed by atoms with Gasteiger partial charge in [-0.2, -0.15) is 5.26 Å². The lowest BCUT2D eigenvalue weighted by Crippen LogP contribution is -2.71. The Morgan fingerprint density at radius 1 is 1.16 bits per heavy atom. The highest BCUT2D eigenvalue weighted by Crippen LogP contribution is 2.78. The molecule has 1 spiro atoms. The molecule has 2 N–H and O–H groups in total. The molecule has 8 atom stereocenters. The van der Waals surface area contributed by atoms with Gasteiger partial charge < -0.3 is 15.2 Å². The molecule has 2 bridgehead atoms. The van der Waals surface area contributed by atoms with Gasteiger partial charge in [0.2, 0.25) is 0 Å². The molecule has 1 saturated heterocycles. The maximum atomic E-state index is 13.1. The van der Waals surface area contributed by atoms with Crippen LogP contribution in [0.4, 0.5) is 0 Å². The minimum atomic E-state index is -0.808. The van der Waals surface area contributed by atoms with Crippen LogP contribution >= 0.6 is 0 Å². The molecule has 172 valence electrons. The first-order valence-corrected chi connectivity index (χ1v) is 12.4. The third-order valence-corrected chi connectivity index (χ3v) is 11.4. The lowest BCUT2D eigenvalue weighted by Gasteiger charge is -2.68. The third-order valence-electron chi connectivity index (χ3n) is 11.4. The lowest BCUT2D eigenvalue weighted by molar-refractivity contribution is -0.261. The second kappa shape index (κ2) is 5.97. The summed E-state index contributed by atoms with van der Waals surface area (Å²) >= 11 is 0. The number of nitrogens with two attached hydrogens (primary N) is 1. The first-order valence-electron chi connectivity index (χ1n) is 12.4. The molecule has 5 aliphatic carbocycles. The summed E-state index contributed by atoms with van der Waals surface area (Å²) in [5, 5.41) is 10.6. The second-order valence-electron chi connectivity index (χ2n) is 11.8. The van der Waals surface area contributed by atoms with E-state index in [1.807, 2.05) is 6.92 Å². The fourth-order valence-electron chi connectivity index (χ4n) is 9.89. The Labute approximate surface area is 189 Å². The Bertz CT molecular complexity index is 1010. The Balaban J connectivity index is 1.58. The number of esters is 1. The van der Waals surface area contributed by atoms with Crippen molar-refractivity contribution in [3.05, 3.63) is 11.3 Å². The number of allylic oxidation sites excluding steroid dienone is 1. The van der Waals surface area contributed by atoms with Crippen LogP contribution in [0, 0.1) is 45.3 Å². The number of ether oxygens (including phenoxy) is 2. The van der Waals surface area contributed by atoms with Crippen molar-refractivity contribution in [3.8, 4) is 6.07 Å². The van der Waals surface area contributed by atoms with E-state index in [-0.39, 0.29) is 29.0 Å². The average Bonchev–Trinajstić information content (AvgIpc) is 3.38. The number of hydrogen-bond donors (Lipinski definition) is 1. The van der Waals surface area contributed by atoms with Crippen molar-refractivity contribution < 1.29 is 19.1 Å². The van der Waals surface area contributed by atoms with E-state index in [9.17, 15) is 14.9 Å². The van der Waals surface area contributed by atoms with Gasteiger partial charge in [0.15, 0.2) is 0 Å². The molecular weight excluding hydrogens is 404 g/mol. The summed E-state index contributed by atoms with van der Waals surface area (Å²) in [6, 6.07) is 2.66. The lowest BCUT2D eigenvalue weighted by atomic mass is 9.38.